The van der Waals surface area contributed by atoms with Gasteiger partial charge in [-0.25, -0.2) is 0 Å². The van der Waals surface area contributed by atoms with E-state index in [-0.39, 0.29) is 17.5 Å². The first-order valence-corrected chi connectivity index (χ1v) is 6.63. The number of nitrogens with zero attached hydrogens (tertiary/aromatic N) is 1. The first-order valence-electron chi connectivity index (χ1n) is 6.63. The molecule has 1 aliphatic rings. The number of halogens is 3. The summed E-state index contributed by atoms with van der Waals surface area (Å²) in [5.74, 6) is 0.409. The van der Waals surface area contributed by atoms with Gasteiger partial charge in [0.25, 0.3) is 0 Å². The first kappa shape index (κ1) is 15.6. The summed E-state index contributed by atoms with van der Waals surface area (Å²) in [6.07, 6.45) is -3.24. The van der Waals surface area contributed by atoms with Crippen LogP contribution in [0.2, 0.25) is 0 Å². The lowest BCUT2D eigenvalue weighted by molar-refractivity contribution is -0.274. The van der Waals surface area contributed by atoms with E-state index in [1.807, 2.05) is 0 Å². The van der Waals surface area contributed by atoms with Crippen molar-refractivity contribution < 1.29 is 27.5 Å². The number of hydrogen-bond donors (Lipinski definition) is 0. The lowest BCUT2D eigenvalue weighted by Gasteiger charge is -2.30. The van der Waals surface area contributed by atoms with Gasteiger partial charge in [0.15, 0.2) is 0 Å². The summed E-state index contributed by atoms with van der Waals surface area (Å²) < 4.78 is 39.9. The summed E-state index contributed by atoms with van der Waals surface area (Å²) in [5.41, 5.74) is 0. The number of hydrogen-bond acceptors (Lipinski definition) is 4. The summed E-state index contributed by atoms with van der Waals surface area (Å²) in [4.78, 5) is 16.8. The predicted octanol–water partition coefficient (Wildman–Crippen LogP) is 3.18. The molecule has 0 bridgehead atoms. The summed E-state index contributed by atoms with van der Waals surface area (Å²) >= 11 is 0. The highest BCUT2D eigenvalue weighted by Crippen LogP contribution is 2.26. The van der Waals surface area contributed by atoms with Crippen LogP contribution in [0.5, 0.6) is 11.5 Å². The zero-order valence-corrected chi connectivity index (χ0v) is 11.5. The van der Waals surface area contributed by atoms with Crippen molar-refractivity contribution in [3.05, 3.63) is 24.3 Å². The molecule has 0 N–H and O–H groups in total. The van der Waals surface area contributed by atoms with Crippen LogP contribution in [0.25, 0.3) is 0 Å². The van der Waals surface area contributed by atoms with Gasteiger partial charge in [-0.15, -0.1) is 18.2 Å². The Hall–Kier alpha value is -1.76. The summed E-state index contributed by atoms with van der Waals surface area (Å²) in [7, 11) is 0. The number of rotatable bonds is 4. The van der Waals surface area contributed by atoms with Gasteiger partial charge < -0.3 is 9.57 Å². The molecule has 0 spiro atoms. The van der Waals surface area contributed by atoms with E-state index in [0.717, 1.165) is 12.8 Å². The highest BCUT2D eigenvalue weighted by atomic mass is 19.4. The Morgan fingerprint density at radius 1 is 1.14 bits per heavy atom. The number of ether oxygens (including phenoxy) is 1. The van der Waals surface area contributed by atoms with Crippen LogP contribution in [0.4, 0.5) is 13.2 Å². The van der Waals surface area contributed by atoms with E-state index in [0.29, 0.717) is 18.8 Å². The van der Waals surface area contributed by atoms with Gasteiger partial charge >= 0.3 is 6.36 Å². The molecular formula is C14H16F3NO3. The van der Waals surface area contributed by atoms with E-state index >= 15 is 0 Å². The predicted molar refractivity (Wildman–Crippen MR) is 68.7 cm³/mol. The average Bonchev–Trinajstić information content (AvgIpc) is 2.40. The third kappa shape index (κ3) is 4.93. The summed E-state index contributed by atoms with van der Waals surface area (Å²) in [5, 5.41) is 1.71. The van der Waals surface area contributed by atoms with Crippen molar-refractivity contribution in [2.24, 2.45) is 5.92 Å². The third-order valence-electron chi connectivity index (χ3n) is 3.32. The zero-order valence-electron chi connectivity index (χ0n) is 11.5. The van der Waals surface area contributed by atoms with Crippen molar-refractivity contribution in [3.63, 3.8) is 0 Å². The SMILES string of the molecule is CC(=O)C1CCN(Oc2ccc(OC(F)(F)F)cc2)CC1. The molecule has 1 saturated heterocycles. The minimum absolute atomic E-state index is 0.0763. The number of carbonyl (C=O) groups excluding carboxylic acids is 1. The van der Waals surface area contributed by atoms with Gasteiger partial charge in [-0.2, -0.15) is 0 Å². The van der Waals surface area contributed by atoms with Crippen LogP contribution in [0.1, 0.15) is 19.8 Å². The molecule has 0 amide bonds. The quantitative estimate of drug-likeness (QED) is 0.856. The normalized spacial score (nSPS) is 17.5. The van der Waals surface area contributed by atoms with Gasteiger partial charge in [0.2, 0.25) is 0 Å². The molecule has 4 nitrogen and oxygen atoms in total. The summed E-state index contributed by atoms with van der Waals surface area (Å²) in [6, 6.07) is 5.23. The molecule has 0 saturated carbocycles. The minimum Gasteiger partial charge on any atom is -0.406 e. The number of ketones is 1. The molecule has 1 aromatic carbocycles. The van der Waals surface area contributed by atoms with Crippen molar-refractivity contribution in [2.75, 3.05) is 13.1 Å². The Bertz CT molecular complexity index is 479. The molecule has 0 aliphatic carbocycles. The fraction of sp³-hybridized carbons (Fsp3) is 0.500. The number of hydroxylamine groups is 2. The molecule has 0 unspecified atom stereocenters. The molecule has 0 atom stereocenters. The Morgan fingerprint density at radius 2 is 1.67 bits per heavy atom. The maximum Gasteiger partial charge on any atom is 0.573 e. The van der Waals surface area contributed by atoms with E-state index < -0.39 is 6.36 Å². The van der Waals surface area contributed by atoms with Crippen molar-refractivity contribution in [2.45, 2.75) is 26.1 Å². The maximum atomic E-state index is 12.0. The fourth-order valence-electron chi connectivity index (χ4n) is 2.20. The second-order valence-electron chi connectivity index (χ2n) is 4.92. The number of Topliss-reactive ketones (excluding diaryl/α,β-unsaturated/α-hetero) is 1. The third-order valence-corrected chi connectivity index (χ3v) is 3.32. The van der Waals surface area contributed by atoms with E-state index in [1.54, 1.807) is 12.0 Å². The van der Waals surface area contributed by atoms with Crippen LogP contribution in [0.3, 0.4) is 0 Å². The number of benzene rings is 1. The lowest BCUT2D eigenvalue weighted by Crippen LogP contribution is -2.37. The molecule has 0 aromatic heterocycles. The van der Waals surface area contributed by atoms with E-state index in [9.17, 15) is 18.0 Å². The maximum absolute atomic E-state index is 12.0. The molecule has 21 heavy (non-hydrogen) atoms. The summed E-state index contributed by atoms with van der Waals surface area (Å²) in [6.45, 7) is 2.82. The van der Waals surface area contributed by atoms with Crippen molar-refractivity contribution in [1.82, 2.24) is 5.06 Å². The first-order chi connectivity index (χ1) is 9.83. The second-order valence-corrected chi connectivity index (χ2v) is 4.92. The Labute approximate surface area is 120 Å². The smallest absolute Gasteiger partial charge is 0.406 e. The Morgan fingerprint density at radius 3 is 2.14 bits per heavy atom. The van der Waals surface area contributed by atoms with Crippen LogP contribution in [0, 0.1) is 5.92 Å². The monoisotopic (exact) mass is 303 g/mol. The van der Waals surface area contributed by atoms with Gasteiger partial charge in [-0.3, -0.25) is 4.79 Å². The van der Waals surface area contributed by atoms with Gasteiger partial charge in [0, 0.05) is 19.0 Å². The minimum atomic E-state index is -4.70. The molecule has 2 rings (SSSR count). The Balaban J connectivity index is 1.85. The highest BCUT2D eigenvalue weighted by molar-refractivity contribution is 5.78. The average molecular weight is 303 g/mol. The van der Waals surface area contributed by atoms with E-state index in [1.165, 1.54) is 24.3 Å². The zero-order chi connectivity index (χ0) is 15.5. The van der Waals surface area contributed by atoms with Crippen LogP contribution in [-0.2, 0) is 4.79 Å². The molecule has 1 heterocycles. The van der Waals surface area contributed by atoms with Crippen molar-refractivity contribution >= 4 is 5.78 Å². The van der Waals surface area contributed by atoms with Crippen molar-refractivity contribution in [3.8, 4) is 11.5 Å². The standard InChI is InChI=1S/C14H16F3NO3/c1-10(19)11-6-8-18(9-7-11)21-13-4-2-12(3-5-13)20-14(15,16)17/h2-5,11H,6-9H2,1H3. The molecular weight excluding hydrogens is 287 g/mol. The number of piperidine rings is 1. The number of alkyl halides is 3. The molecule has 1 aromatic rings. The van der Waals surface area contributed by atoms with Gasteiger partial charge in [-0.1, -0.05) is 0 Å². The largest absolute Gasteiger partial charge is 0.573 e. The van der Waals surface area contributed by atoms with E-state index in [2.05, 4.69) is 4.74 Å². The topological polar surface area (TPSA) is 38.8 Å². The number of carbonyl (C=O) groups is 1. The molecule has 0 radical (unpaired) electrons. The van der Waals surface area contributed by atoms with Crippen LogP contribution in [-0.4, -0.2) is 30.3 Å². The van der Waals surface area contributed by atoms with Gasteiger partial charge in [-0.05, 0) is 44.0 Å². The van der Waals surface area contributed by atoms with Crippen LogP contribution >= 0.6 is 0 Å². The Kier molecular flexibility index (Phi) is 4.72. The highest BCUT2D eigenvalue weighted by Gasteiger charge is 2.31. The second kappa shape index (κ2) is 6.34. The fourth-order valence-corrected chi connectivity index (χ4v) is 2.20. The van der Waals surface area contributed by atoms with Gasteiger partial charge in [0.05, 0.1) is 0 Å². The van der Waals surface area contributed by atoms with Crippen LogP contribution in [0.15, 0.2) is 24.3 Å². The van der Waals surface area contributed by atoms with Gasteiger partial charge in [0.1, 0.15) is 17.3 Å². The molecule has 7 heteroatoms. The molecule has 1 fully saturated rings. The lowest BCUT2D eigenvalue weighted by atomic mass is 9.94. The van der Waals surface area contributed by atoms with E-state index in [4.69, 9.17) is 4.84 Å². The van der Waals surface area contributed by atoms with Crippen molar-refractivity contribution in [1.29, 1.82) is 0 Å². The molecule has 116 valence electrons. The molecule has 1 aliphatic heterocycles. The van der Waals surface area contributed by atoms with Crippen LogP contribution < -0.4 is 9.57 Å².